The zero-order valence-corrected chi connectivity index (χ0v) is 12.5. The molecule has 4 nitrogen and oxygen atoms in total. The molecule has 0 spiro atoms. The van der Waals surface area contributed by atoms with E-state index in [1.54, 1.807) is 0 Å². The quantitative estimate of drug-likeness (QED) is 0.786. The molecule has 2 aromatic heterocycles. The fourth-order valence-corrected chi connectivity index (χ4v) is 2.44. The minimum Gasteiger partial charge on any atom is -0.486 e. The Labute approximate surface area is 128 Å². The Hall–Kier alpha value is -2.04. The molecule has 0 unspecified atom stereocenters. The van der Waals surface area contributed by atoms with E-state index in [4.69, 9.17) is 16.3 Å². The summed E-state index contributed by atoms with van der Waals surface area (Å²) in [7, 11) is 1.90. The fourth-order valence-electron chi connectivity index (χ4n) is 2.18. The number of benzene rings is 1. The van der Waals surface area contributed by atoms with Crippen molar-refractivity contribution in [1.82, 2.24) is 14.7 Å². The third-order valence-electron chi connectivity index (χ3n) is 3.17. The first kappa shape index (κ1) is 13.9. The van der Waals surface area contributed by atoms with Gasteiger partial charge in [0.25, 0.3) is 0 Å². The lowest BCUT2D eigenvalue weighted by molar-refractivity contribution is 0.302. The number of rotatable bonds is 5. The molecule has 0 aliphatic carbocycles. The fraction of sp³-hybridized carbons (Fsp3) is 0.188. The van der Waals surface area contributed by atoms with Crippen molar-refractivity contribution in [2.24, 2.45) is 0 Å². The predicted molar refractivity (Wildman–Crippen MR) is 83.7 cm³/mol. The Morgan fingerprint density at radius 2 is 2.19 bits per heavy atom. The van der Waals surface area contributed by atoms with Crippen LogP contribution in [0.3, 0.4) is 0 Å². The van der Waals surface area contributed by atoms with Crippen molar-refractivity contribution >= 4 is 17.2 Å². The van der Waals surface area contributed by atoms with Crippen LogP contribution in [0.4, 0.5) is 0 Å². The van der Waals surface area contributed by atoms with Gasteiger partial charge in [-0.15, -0.1) is 0 Å². The maximum absolute atomic E-state index is 6.23. The standard InChI is InChI=1S/C16H16ClN3O/c1-18-9-12-5-6-15(14(17)8-12)21-11-13-10-20-7-3-2-4-16(20)19-13/h2-8,10,18H,9,11H2,1H3. The Balaban J connectivity index is 1.72. The molecular weight excluding hydrogens is 286 g/mol. The third kappa shape index (κ3) is 3.17. The Morgan fingerprint density at radius 1 is 1.29 bits per heavy atom. The number of fused-ring (bicyclic) bond motifs is 1. The van der Waals surface area contributed by atoms with Gasteiger partial charge in [0.2, 0.25) is 0 Å². The Kier molecular flexibility index (Phi) is 4.08. The van der Waals surface area contributed by atoms with Crippen LogP contribution in [0.5, 0.6) is 5.75 Å². The van der Waals surface area contributed by atoms with Crippen LogP contribution in [-0.4, -0.2) is 16.4 Å². The number of pyridine rings is 1. The lowest BCUT2D eigenvalue weighted by Gasteiger charge is -2.08. The van der Waals surface area contributed by atoms with Gasteiger partial charge in [0, 0.05) is 18.9 Å². The lowest BCUT2D eigenvalue weighted by atomic mass is 10.2. The molecule has 0 amide bonds. The molecule has 0 radical (unpaired) electrons. The van der Waals surface area contributed by atoms with Crippen molar-refractivity contribution in [2.45, 2.75) is 13.2 Å². The highest BCUT2D eigenvalue weighted by atomic mass is 35.5. The van der Waals surface area contributed by atoms with E-state index in [1.165, 1.54) is 0 Å². The second-order valence-corrected chi connectivity index (χ2v) is 5.19. The summed E-state index contributed by atoms with van der Waals surface area (Å²) in [5.41, 5.74) is 2.91. The zero-order valence-electron chi connectivity index (χ0n) is 11.7. The van der Waals surface area contributed by atoms with E-state index in [2.05, 4.69) is 10.3 Å². The molecule has 1 N–H and O–H groups in total. The van der Waals surface area contributed by atoms with Gasteiger partial charge in [-0.05, 0) is 36.9 Å². The summed E-state index contributed by atoms with van der Waals surface area (Å²) in [4.78, 5) is 4.49. The summed E-state index contributed by atoms with van der Waals surface area (Å²) in [6.07, 6.45) is 3.92. The van der Waals surface area contributed by atoms with Gasteiger partial charge < -0.3 is 14.5 Å². The van der Waals surface area contributed by atoms with Crippen molar-refractivity contribution in [3.8, 4) is 5.75 Å². The summed E-state index contributed by atoms with van der Waals surface area (Å²) in [5, 5.41) is 3.71. The van der Waals surface area contributed by atoms with Gasteiger partial charge in [0.1, 0.15) is 18.0 Å². The van der Waals surface area contributed by atoms with E-state index >= 15 is 0 Å². The summed E-state index contributed by atoms with van der Waals surface area (Å²) < 4.78 is 7.73. The normalized spacial score (nSPS) is 11.0. The first-order valence-corrected chi connectivity index (χ1v) is 7.12. The van der Waals surface area contributed by atoms with Gasteiger partial charge in [-0.25, -0.2) is 4.98 Å². The summed E-state index contributed by atoms with van der Waals surface area (Å²) >= 11 is 6.23. The second kappa shape index (κ2) is 6.16. The van der Waals surface area contributed by atoms with Crippen LogP contribution in [0, 0.1) is 0 Å². The Bertz CT molecular complexity index is 721. The van der Waals surface area contributed by atoms with Gasteiger partial charge in [-0.3, -0.25) is 0 Å². The summed E-state index contributed by atoms with van der Waals surface area (Å²) in [6.45, 7) is 1.18. The number of nitrogens with zero attached hydrogens (tertiary/aromatic N) is 2. The number of nitrogens with one attached hydrogen (secondary N) is 1. The molecule has 0 saturated carbocycles. The Morgan fingerprint density at radius 3 is 2.95 bits per heavy atom. The zero-order chi connectivity index (χ0) is 14.7. The summed E-state index contributed by atoms with van der Waals surface area (Å²) in [6, 6.07) is 11.7. The number of ether oxygens (including phenoxy) is 1. The molecule has 108 valence electrons. The van der Waals surface area contributed by atoms with Crippen LogP contribution in [0.1, 0.15) is 11.3 Å². The smallest absolute Gasteiger partial charge is 0.138 e. The maximum Gasteiger partial charge on any atom is 0.138 e. The van der Waals surface area contributed by atoms with Crippen LogP contribution < -0.4 is 10.1 Å². The van der Waals surface area contributed by atoms with Crippen molar-refractivity contribution in [1.29, 1.82) is 0 Å². The van der Waals surface area contributed by atoms with E-state index in [9.17, 15) is 0 Å². The van der Waals surface area contributed by atoms with Crippen LogP contribution in [0.15, 0.2) is 48.8 Å². The average Bonchev–Trinajstić information content (AvgIpc) is 2.89. The molecule has 0 atom stereocenters. The van der Waals surface area contributed by atoms with Gasteiger partial charge in [0.15, 0.2) is 0 Å². The molecule has 3 aromatic rings. The molecule has 2 heterocycles. The highest BCUT2D eigenvalue weighted by Gasteiger charge is 2.06. The molecule has 0 saturated heterocycles. The molecular formula is C16H16ClN3O. The topological polar surface area (TPSA) is 38.6 Å². The third-order valence-corrected chi connectivity index (χ3v) is 3.46. The van der Waals surface area contributed by atoms with E-state index in [1.807, 2.05) is 60.2 Å². The lowest BCUT2D eigenvalue weighted by Crippen LogP contribution is -2.05. The van der Waals surface area contributed by atoms with Crippen LogP contribution in [0.2, 0.25) is 5.02 Å². The van der Waals surface area contributed by atoms with Gasteiger partial charge >= 0.3 is 0 Å². The first-order valence-electron chi connectivity index (χ1n) is 6.75. The number of aromatic nitrogens is 2. The van der Waals surface area contributed by atoms with Crippen LogP contribution in [0.25, 0.3) is 5.65 Å². The van der Waals surface area contributed by atoms with Crippen molar-refractivity contribution in [3.05, 3.63) is 65.1 Å². The SMILES string of the molecule is CNCc1ccc(OCc2cn3ccccc3n2)c(Cl)c1. The van der Waals surface area contributed by atoms with E-state index < -0.39 is 0 Å². The van der Waals surface area contributed by atoms with Crippen LogP contribution >= 0.6 is 11.6 Å². The van der Waals surface area contributed by atoms with Crippen LogP contribution in [-0.2, 0) is 13.2 Å². The van der Waals surface area contributed by atoms with E-state index in [0.29, 0.717) is 17.4 Å². The molecule has 3 rings (SSSR count). The van der Waals surface area contributed by atoms with Gasteiger partial charge in [0.05, 0.1) is 10.7 Å². The van der Waals surface area contributed by atoms with E-state index in [-0.39, 0.29) is 0 Å². The largest absolute Gasteiger partial charge is 0.486 e. The minimum absolute atomic E-state index is 0.396. The van der Waals surface area contributed by atoms with Gasteiger partial charge in [-0.1, -0.05) is 23.7 Å². The predicted octanol–water partition coefficient (Wildman–Crippen LogP) is 3.29. The number of hydrogen-bond acceptors (Lipinski definition) is 3. The van der Waals surface area contributed by atoms with E-state index in [0.717, 1.165) is 23.4 Å². The second-order valence-electron chi connectivity index (χ2n) is 4.78. The number of imidazole rings is 1. The van der Waals surface area contributed by atoms with Crippen molar-refractivity contribution in [2.75, 3.05) is 7.05 Å². The number of halogens is 1. The highest BCUT2D eigenvalue weighted by Crippen LogP contribution is 2.26. The summed E-state index contributed by atoms with van der Waals surface area (Å²) in [5.74, 6) is 0.675. The van der Waals surface area contributed by atoms with Crippen molar-refractivity contribution in [3.63, 3.8) is 0 Å². The number of hydrogen-bond donors (Lipinski definition) is 1. The minimum atomic E-state index is 0.396. The van der Waals surface area contributed by atoms with Gasteiger partial charge in [-0.2, -0.15) is 0 Å². The molecule has 0 aliphatic rings. The monoisotopic (exact) mass is 301 g/mol. The molecule has 1 aromatic carbocycles. The molecule has 0 aliphatic heterocycles. The van der Waals surface area contributed by atoms with Crippen molar-refractivity contribution < 1.29 is 4.74 Å². The first-order chi connectivity index (χ1) is 10.3. The maximum atomic E-state index is 6.23. The molecule has 0 fully saturated rings. The highest BCUT2D eigenvalue weighted by molar-refractivity contribution is 6.32. The average molecular weight is 302 g/mol. The molecule has 21 heavy (non-hydrogen) atoms. The molecule has 0 bridgehead atoms. The molecule has 5 heteroatoms.